The fraction of sp³-hybridized carbons (Fsp3) is 0.611. The summed E-state index contributed by atoms with van der Waals surface area (Å²) < 4.78 is 0. The van der Waals surface area contributed by atoms with Crippen molar-refractivity contribution in [1.29, 1.82) is 0 Å². The molecule has 0 unspecified atom stereocenters. The van der Waals surface area contributed by atoms with Crippen molar-refractivity contribution in [1.82, 2.24) is 15.5 Å². The highest BCUT2D eigenvalue weighted by Crippen LogP contribution is 2.38. The van der Waals surface area contributed by atoms with Gasteiger partial charge in [-0.15, -0.1) is 11.3 Å². The third-order valence-electron chi connectivity index (χ3n) is 5.20. The van der Waals surface area contributed by atoms with Crippen molar-refractivity contribution in [2.24, 2.45) is 5.92 Å². The molecule has 26 heavy (non-hydrogen) atoms. The maximum Gasteiger partial charge on any atom is 0.325 e. The van der Waals surface area contributed by atoms with E-state index in [1.807, 2.05) is 13.0 Å². The molecule has 1 aliphatic carbocycles. The van der Waals surface area contributed by atoms with Gasteiger partial charge in [-0.3, -0.25) is 14.5 Å². The number of imide groups is 1. The minimum Gasteiger partial charge on any atom is -0.354 e. The van der Waals surface area contributed by atoms with Crippen LogP contribution in [0.1, 0.15) is 37.5 Å². The Bertz CT molecular complexity index is 665. The molecule has 0 radical (unpaired) electrons. The van der Waals surface area contributed by atoms with E-state index in [-0.39, 0.29) is 24.3 Å². The first kappa shape index (κ1) is 19.2. The zero-order chi connectivity index (χ0) is 18.6. The van der Waals surface area contributed by atoms with E-state index in [2.05, 4.69) is 22.1 Å². The van der Waals surface area contributed by atoms with Crippen LogP contribution in [0.2, 0.25) is 0 Å². The van der Waals surface area contributed by atoms with Gasteiger partial charge in [-0.25, -0.2) is 4.79 Å². The van der Waals surface area contributed by atoms with Crippen LogP contribution in [-0.4, -0.2) is 47.1 Å². The number of nitrogens with zero attached hydrogens (tertiary/aromatic N) is 1. The quantitative estimate of drug-likeness (QED) is 0.549. The first-order valence-electron chi connectivity index (χ1n) is 9.04. The van der Waals surface area contributed by atoms with E-state index in [0.717, 1.165) is 35.7 Å². The summed E-state index contributed by atoms with van der Waals surface area (Å²) in [6, 6.07) is 3.68. The normalized spacial score (nSPS) is 25.6. The summed E-state index contributed by atoms with van der Waals surface area (Å²) in [5.74, 6) is 1.31. The van der Waals surface area contributed by atoms with Crippen molar-refractivity contribution in [2.75, 3.05) is 18.8 Å². The molecule has 2 heterocycles. The van der Waals surface area contributed by atoms with Gasteiger partial charge >= 0.3 is 6.03 Å². The van der Waals surface area contributed by atoms with Crippen molar-refractivity contribution in [3.8, 4) is 0 Å². The molecule has 0 bridgehead atoms. The number of carbonyl (C=O) groups is 3. The largest absolute Gasteiger partial charge is 0.354 e. The fourth-order valence-electron chi connectivity index (χ4n) is 3.67. The Balaban J connectivity index is 1.43. The van der Waals surface area contributed by atoms with Gasteiger partial charge < -0.3 is 10.6 Å². The zero-order valence-electron chi connectivity index (χ0n) is 15.0. The molecule has 1 aliphatic heterocycles. The summed E-state index contributed by atoms with van der Waals surface area (Å²) in [4.78, 5) is 39.6. The van der Waals surface area contributed by atoms with Crippen LogP contribution in [0.25, 0.3) is 0 Å². The van der Waals surface area contributed by atoms with Gasteiger partial charge in [-0.2, -0.15) is 11.8 Å². The SMILES string of the molecule is C[C@H]1CCCC[C@@]12NC(=O)N(CC(=O)NCCSCc1cccs1)C2=O. The number of urea groups is 1. The molecule has 1 aromatic heterocycles. The molecule has 2 N–H and O–H groups in total. The topological polar surface area (TPSA) is 78.5 Å². The van der Waals surface area contributed by atoms with Crippen LogP contribution in [0.5, 0.6) is 0 Å². The van der Waals surface area contributed by atoms with Gasteiger partial charge in [0, 0.05) is 22.9 Å². The number of thioether (sulfide) groups is 1. The second-order valence-corrected chi connectivity index (χ2v) is 9.06. The first-order valence-corrected chi connectivity index (χ1v) is 11.1. The Kier molecular flexibility index (Phi) is 6.24. The fourth-order valence-corrected chi connectivity index (χ4v) is 5.37. The number of nitrogens with one attached hydrogen (secondary N) is 2. The third-order valence-corrected chi connectivity index (χ3v) is 7.26. The predicted octanol–water partition coefficient (Wildman–Crippen LogP) is 2.60. The molecule has 4 amide bonds. The summed E-state index contributed by atoms with van der Waals surface area (Å²) in [5.41, 5.74) is -0.799. The molecule has 1 saturated heterocycles. The van der Waals surface area contributed by atoms with Crippen LogP contribution >= 0.6 is 23.1 Å². The smallest absolute Gasteiger partial charge is 0.325 e. The number of carbonyl (C=O) groups excluding carboxylic acids is 3. The lowest BCUT2D eigenvalue weighted by atomic mass is 9.73. The molecule has 1 spiro atoms. The number of amides is 4. The minimum absolute atomic E-state index is 0.106. The van der Waals surface area contributed by atoms with Crippen molar-refractivity contribution in [2.45, 2.75) is 43.9 Å². The molecule has 6 nitrogen and oxygen atoms in total. The van der Waals surface area contributed by atoms with Gasteiger partial charge in [0.25, 0.3) is 5.91 Å². The zero-order valence-corrected chi connectivity index (χ0v) is 16.6. The lowest BCUT2D eigenvalue weighted by Crippen LogP contribution is -2.54. The van der Waals surface area contributed by atoms with Crippen LogP contribution in [0.4, 0.5) is 4.79 Å². The highest BCUT2D eigenvalue weighted by Gasteiger charge is 2.55. The molecule has 2 atom stereocenters. The lowest BCUT2D eigenvalue weighted by Gasteiger charge is -2.36. The summed E-state index contributed by atoms with van der Waals surface area (Å²) in [6.45, 7) is 2.33. The van der Waals surface area contributed by atoms with Gasteiger partial charge in [-0.05, 0) is 30.2 Å². The summed E-state index contributed by atoms with van der Waals surface area (Å²) in [5, 5.41) is 7.73. The molecular formula is C18H25N3O3S2. The average molecular weight is 396 g/mol. The third kappa shape index (κ3) is 4.06. The molecule has 0 aromatic carbocycles. The van der Waals surface area contributed by atoms with E-state index in [9.17, 15) is 14.4 Å². The highest BCUT2D eigenvalue weighted by atomic mass is 32.2. The number of hydrogen-bond acceptors (Lipinski definition) is 5. The van der Waals surface area contributed by atoms with E-state index in [0.29, 0.717) is 13.0 Å². The Morgan fingerprint density at radius 3 is 3.04 bits per heavy atom. The Hall–Kier alpha value is -1.54. The van der Waals surface area contributed by atoms with Gasteiger partial charge in [0.2, 0.25) is 5.91 Å². The van der Waals surface area contributed by atoms with Crippen molar-refractivity contribution in [3.63, 3.8) is 0 Å². The van der Waals surface area contributed by atoms with Gasteiger partial charge in [-0.1, -0.05) is 25.8 Å². The molecular weight excluding hydrogens is 370 g/mol. The van der Waals surface area contributed by atoms with Gasteiger partial charge in [0.15, 0.2) is 0 Å². The van der Waals surface area contributed by atoms with Crippen LogP contribution in [0.15, 0.2) is 17.5 Å². The van der Waals surface area contributed by atoms with Crippen molar-refractivity contribution < 1.29 is 14.4 Å². The van der Waals surface area contributed by atoms with Crippen LogP contribution < -0.4 is 10.6 Å². The van der Waals surface area contributed by atoms with E-state index in [1.54, 1.807) is 23.1 Å². The van der Waals surface area contributed by atoms with Crippen molar-refractivity contribution in [3.05, 3.63) is 22.4 Å². The number of rotatable bonds is 7. The standard InChI is InChI=1S/C18H25N3O3S2/c1-13-5-2-3-7-18(13)16(23)21(17(24)20-18)11-15(22)19-8-10-25-12-14-6-4-9-26-14/h4,6,9,13H,2-3,5,7-8,10-12H2,1H3,(H,19,22)(H,20,24)/t13-,18+/m0/s1. The second-order valence-electron chi connectivity index (χ2n) is 6.92. The van der Waals surface area contributed by atoms with E-state index >= 15 is 0 Å². The van der Waals surface area contributed by atoms with Crippen LogP contribution in [0.3, 0.4) is 0 Å². The number of thiophene rings is 1. The lowest BCUT2D eigenvalue weighted by molar-refractivity contribution is -0.137. The van der Waals surface area contributed by atoms with E-state index < -0.39 is 11.6 Å². The maximum absolute atomic E-state index is 12.8. The first-order chi connectivity index (χ1) is 12.5. The molecule has 142 valence electrons. The molecule has 1 saturated carbocycles. The Morgan fingerprint density at radius 1 is 1.46 bits per heavy atom. The minimum atomic E-state index is -0.799. The molecule has 3 rings (SSSR count). The molecule has 2 aliphatic rings. The van der Waals surface area contributed by atoms with E-state index in [1.165, 1.54) is 4.88 Å². The Morgan fingerprint density at radius 2 is 2.31 bits per heavy atom. The predicted molar refractivity (Wildman–Crippen MR) is 104 cm³/mol. The van der Waals surface area contributed by atoms with Crippen LogP contribution in [-0.2, 0) is 15.3 Å². The average Bonchev–Trinajstić information content (AvgIpc) is 3.21. The molecule has 2 fully saturated rings. The van der Waals surface area contributed by atoms with Gasteiger partial charge in [0.1, 0.15) is 12.1 Å². The van der Waals surface area contributed by atoms with Gasteiger partial charge in [0.05, 0.1) is 0 Å². The highest BCUT2D eigenvalue weighted by molar-refractivity contribution is 7.98. The Labute approximate surface area is 162 Å². The molecule has 1 aromatic rings. The van der Waals surface area contributed by atoms with Crippen LogP contribution in [0, 0.1) is 5.92 Å². The van der Waals surface area contributed by atoms with E-state index in [4.69, 9.17) is 0 Å². The maximum atomic E-state index is 12.8. The van der Waals surface area contributed by atoms with Crippen molar-refractivity contribution >= 4 is 40.9 Å². The number of hydrogen-bond donors (Lipinski definition) is 2. The molecule has 8 heteroatoms. The summed E-state index contributed by atoms with van der Waals surface area (Å²) >= 11 is 3.47. The second kappa shape index (κ2) is 8.43. The monoisotopic (exact) mass is 395 g/mol. The summed E-state index contributed by atoms with van der Waals surface area (Å²) in [7, 11) is 0. The summed E-state index contributed by atoms with van der Waals surface area (Å²) in [6.07, 6.45) is 3.59.